The molecule has 1 amide bonds. The molecule has 128 valence electrons. The summed E-state index contributed by atoms with van der Waals surface area (Å²) in [4.78, 5) is 19.3. The summed E-state index contributed by atoms with van der Waals surface area (Å²) in [5.74, 6) is 0.291. The number of nitrogens with zero attached hydrogens (tertiary/aromatic N) is 4. The Balaban J connectivity index is 1.59. The van der Waals surface area contributed by atoms with Crippen LogP contribution in [0.2, 0.25) is 0 Å². The van der Waals surface area contributed by atoms with Crippen LogP contribution in [0.4, 0.5) is 5.69 Å². The second-order valence-electron chi connectivity index (χ2n) is 6.74. The lowest BCUT2D eigenvalue weighted by atomic mass is 10.2. The number of benzene rings is 1. The van der Waals surface area contributed by atoms with Crippen LogP contribution in [0.1, 0.15) is 31.7 Å². The molecule has 24 heavy (non-hydrogen) atoms. The molecule has 0 spiro atoms. The topological polar surface area (TPSA) is 50.6 Å². The van der Waals surface area contributed by atoms with Gasteiger partial charge in [-0.2, -0.15) is 5.26 Å². The van der Waals surface area contributed by atoms with Gasteiger partial charge in [0.15, 0.2) is 0 Å². The zero-order valence-electron chi connectivity index (χ0n) is 14.4. The van der Waals surface area contributed by atoms with Crippen molar-refractivity contribution in [3.8, 4) is 6.07 Å². The fourth-order valence-electron chi connectivity index (χ4n) is 3.69. The fourth-order valence-corrected chi connectivity index (χ4v) is 3.69. The monoisotopic (exact) mass is 326 g/mol. The van der Waals surface area contributed by atoms with E-state index in [4.69, 9.17) is 5.26 Å². The molecule has 2 aliphatic rings. The molecule has 5 heteroatoms. The molecule has 3 rings (SSSR count). The van der Waals surface area contributed by atoms with Gasteiger partial charge in [-0.15, -0.1) is 0 Å². The van der Waals surface area contributed by atoms with Crippen molar-refractivity contribution in [3.05, 3.63) is 29.8 Å². The lowest BCUT2D eigenvalue weighted by Gasteiger charge is -2.30. The predicted octanol–water partition coefficient (Wildman–Crippen LogP) is 2.08. The van der Waals surface area contributed by atoms with E-state index in [9.17, 15) is 4.79 Å². The van der Waals surface area contributed by atoms with E-state index in [-0.39, 0.29) is 6.04 Å². The van der Waals surface area contributed by atoms with Gasteiger partial charge in [-0.3, -0.25) is 9.69 Å². The molecule has 1 aromatic rings. The van der Waals surface area contributed by atoms with Crippen LogP contribution in [0.15, 0.2) is 24.3 Å². The molecule has 1 atom stereocenters. The summed E-state index contributed by atoms with van der Waals surface area (Å²) in [5.41, 5.74) is 1.86. The van der Waals surface area contributed by atoms with Crippen molar-refractivity contribution in [2.24, 2.45) is 0 Å². The number of carbonyl (C=O) groups is 1. The Kier molecular flexibility index (Phi) is 5.37. The number of anilines is 1. The minimum atomic E-state index is -0.0241. The summed E-state index contributed by atoms with van der Waals surface area (Å²) in [6.07, 6.45) is 3.34. The summed E-state index contributed by atoms with van der Waals surface area (Å²) in [6.45, 7) is 7.69. The number of carbonyl (C=O) groups excluding carboxylic acids is 1. The first-order valence-electron chi connectivity index (χ1n) is 8.97. The van der Waals surface area contributed by atoms with Crippen molar-refractivity contribution < 1.29 is 4.79 Å². The van der Waals surface area contributed by atoms with Gasteiger partial charge in [-0.25, -0.2) is 0 Å². The summed E-state index contributed by atoms with van der Waals surface area (Å²) in [7, 11) is 0. The molecule has 1 aromatic carbocycles. The highest BCUT2D eigenvalue weighted by Crippen LogP contribution is 2.19. The van der Waals surface area contributed by atoms with Gasteiger partial charge < -0.3 is 9.80 Å². The Morgan fingerprint density at radius 3 is 2.38 bits per heavy atom. The first kappa shape index (κ1) is 16.8. The van der Waals surface area contributed by atoms with Crippen LogP contribution >= 0.6 is 0 Å². The summed E-state index contributed by atoms with van der Waals surface area (Å²) < 4.78 is 0. The van der Waals surface area contributed by atoms with Crippen LogP contribution in [0.5, 0.6) is 0 Å². The van der Waals surface area contributed by atoms with E-state index in [2.05, 4.69) is 22.8 Å². The van der Waals surface area contributed by atoms with Gasteiger partial charge in [0.25, 0.3) is 0 Å². The first-order chi connectivity index (χ1) is 11.7. The van der Waals surface area contributed by atoms with E-state index in [1.165, 1.54) is 0 Å². The number of rotatable bonds is 3. The second kappa shape index (κ2) is 7.67. The molecule has 0 bridgehead atoms. The molecular weight excluding hydrogens is 300 g/mol. The Morgan fingerprint density at radius 2 is 1.71 bits per heavy atom. The van der Waals surface area contributed by atoms with E-state index >= 15 is 0 Å². The van der Waals surface area contributed by atoms with Gasteiger partial charge in [-0.05, 0) is 50.5 Å². The average Bonchev–Trinajstić information content (AvgIpc) is 3.05. The fraction of sp³-hybridized carbons (Fsp3) is 0.579. The van der Waals surface area contributed by atoms with Gasteiger partial charge in [0.1, 0.15) is 0 Å². The summed E-state index contributed by atoms with van der Waals surface area (Å²) >= 11 is 0. The van der Waals surface area contributed by atoms with Crippen LogP contribution < -0.4 is 4.90 Å². The van der Waals surface area contributed by atoms with Crippen molar-refractivity contribution in [2.45, 2.75) is 32.2 Å². The zero-order chi connectivity index (χ0) is 16.9. The molecule has 2 aliphatic heterocycles. The van der Waals surface area contributed by atoms with Gasteiger partial charge in [0.05, 0.1) is 17.7 Å². The zero-order valence-corrected chi connectivity index (χ0v) is 14.4. The van der Waals surface area contributed by atoms with E-state index in [0.717, 1.165) is 64.2 Å². The quantitative estimate of drug-likeness (QED) is 0.853. The van der Waals surface area contributed by atoms with Crippen LogP contribution in [-0.2, 0) is 4.79 Å². The Morgan fingerprint density at radius 1 is 1.00 bits per heavy atom. The van der Waals surface area contributed by atoms with Gasteiger partial charge in [-0.1, -0.05) is 0 Å². The predicted molar refractivity (Wildman–Crippen MR) is 94.8 cm³/mol. The number of hydrogen-bond acceptors (Lipinski definition) is 4. The van der Waals surface area contributed by atoms with Gasteiger partial charge in [0.2, 0.25) is 5.91 Å². The molecule has 5 nitrogen and oxygen atoms in total. The third-order valence-corrected chi connectivity index (χ3v) is 5.21. The number of likely N-dealkylation sites (tertiary alicyclic amines) is 1. The Hall–Kier alpha value is -2.06. The third kappa shape index (κ3) is 3.70. The normalized spacial score (nSPS) is 20.5. The molecule has 0 saturated carbocycles. The Bertz CT molecular complexity index is 601. The van der Waals surface area contributed by atoms with Crippen LogP contribution in [-0.4, -0.2) is 61.0 Å². The maximum Gasteiger partial charge on any atom is 0.239 e. The highest BCUT2D eigenvalue weighted by atomic mass is 16.2. The maximum atomic E-state index is 12.6. The van der Waals surface area contributed by atoms with Gasteiger partial charge >= 0.3 is 0 Å². The van der Waals surface area contributed by atoms with E-state index in [1.807, 2.05) is 29.2 Å². The largest absolute Gasteiger partial charge is 0.370 e. The molecule has 0 aromatic heterocycles. The van der Waals surface area contributed by atoms with Crippen molar-refractivity contribution in [2.75, 3.05) is 44.2 Å². The summed E-state index contributed by atoms with van der Waals surface area (Å²) in [5, 5.41) is 8.92. The molecule has 0 N–H and O–H groups in total. The van der Waals surface area contributed by atoms with Crippen molar-refractivity contribution in [1.82, 2.24) is 9.80 Å². The SMILES string of the molecule is C[C@@H](C(=O)N1CCCC1)N1CCCN(c2ccc(C#N)cc2)CC1. The third-order valence-electron chi connectivity index (χ3n) is 5.21. The number of amides is 1. The molecule has 2 saturated heterocycles. The van der Waals surface area contributed by atoms with Crippen molar-refractivity contribution in [1.29, 1.82) is 5.26 Å². The smallest absolute Gasteiger partial charge is 0.239 e. The molecule has 0 aliphatic carbocycles. The highest BCUT2D eigenvalue weighted by Gasteiger charge is 2.28. The van der Waals surface area contributed by atoms with Gasteiger partial charge in [0, 0.05) is 45.0 Å². The minimum Gasteiger partial charge on any atom is -0.370 e. The van der Waals surface area contributed by atoms with Crippen LogP contribution in [0, 0.1) is 11.3 Å². The van der Waals surface area contributed by atoms with E-state index in [0.29, 0.717) is 11.5 Å². The van der Waals surface area contributed by atoms with E-state index in [1.54, 1.807) is 0 Å². The first-order valence-corrected chi connectivity index (χ1v) is 8.97. The number of nitriles is 1. The number of hydrogen-bond donors (Lipinski definition) is 0. The Labute approximate surface area is 144 Å². The van der Waals surface area contributed by atoms with Crippen molar-refractivity contribution in [3.63, 3.8) is 0 Å². The standard InChI is InChI=1S/C19H26N4O/c1-16(19(24)23-9-2-3-10-23)21-11-4-12-22(14-13-21)18-7-5-17(15-20)6-8-18/h5-8,16H,2-4,9-14H2,1H3/t16-/m0/s1. The molecule has 2 heterocycles. The highest BCUT2D eigenvalue weighted by molar-refractivity contribution is 5.81. The second-order valence-corrected chi connectivity index (χ2v) is 6.74. The summed E-state index contributed by atoms with van der Waals surface area (Å²) in [6, 6.07) is 9.92. The molecule has 0 unspecified atom stereocenters. The van der Waals surface area contributed by atoms with E-state index < -0.39 is 0 Å². The maximum absolute atomic E-state index is 12.6. The lowest BCUT2D eigenvalue weighted by Crippen LogP contribution is -2.47. The molecule has 0 radical (unpaired) electrons. The van der Waals surface area contributed by atoms with Crippen LogP contribution in [0.25, 0.3) is 0 Å². The molecule has 2 fully saturated rings. The minimum absolute atomic E-state index is 0.0241. The van der Waals surface area contributed by atoms with Crippen LogP contribution in [0.3, 0.4) is 0 Å². The van der Waals surface area contributed by atoms with Crippen molar-refractivity contribution >= 4 is 11.6 Å². The molecular formula is C19H26N4O. The lowest BCUT2D eigenvalue weighted by molar-refractivity contribution is -0.135. The average molecular weight is 326 g/mol.